The topological polar surface area (TPSA) is 40.6 Å². The summed E-state index contributed by atoms with van der Waals surface area (Å²) < 4.78 is 0. The maximum atomic E-state index is 12.7. The van der Waals surface area contributed by atoms with Gasteiger partial charge >= 0.3 is 0 Å². The molecule has 1 heterocycles. The van der Waals surface area contributed by atoms with Crippen molar-refractivity contribution < 1.29 is 9.59 Å². The van der Waals surface area contributed by atoms with Crippen LogP contribution in [-0.2, 0) is 9.59 Å². The van der Waals surface area contributed by atoms with Crippen molar-refractivity contribution in [2.24, 2.45) is 0 Å². The first-order valence-corrected chi connectivity index (χ1v) is 13.2. The minimum absolute atomic E-state index is 0.370. The van der Waals surface area contributed by atoms with Crippen LogP contribution in [0.1, 0.15) is 129 Å². The summed E-state index contributed by atoms with van der Waals surface area (Å²) in [6.45, 7) is 8.07. The van der Waals surface area contributed by atoms with E-state index in [0.29, 0.717) is 11.8 Å². The third kappa shape index (κ3) is 13.3. The van der Waals surface area contributed by atoms with Gasteiger partial charge in [0.05, 0.1) is 0 Å². The monoisotopic (exact) mass is 422 g/mol. The summed E-state index contributed by atoms with van der Waals surface area (Å²) in [6, 6.07) is 0. The first kappa shape index (κ1) is 27.0. The quantitative estimate of drug-likeness (QED) is 0.477. The largest absolute Gasteiger partial charge is 0.343 e. The lowest BCUT2D eigenvalue weighted by atomic mass is 10.1. The maximum Gasteiger partial charge on any atom is 0.222 e. The Labute approximate surface area is 187 Å². The van der Waals surface area contributed by atoms with E-state index in [1.807, 2.05) is 0 Å². The molecule has 0 aromatic carbocycles. The molecule has 0 saturated carbocycles. The molecule has 176 valence electrons. The average molecular weight is 423 g/mol. The summed E-state index contributed by atoms with van der Waals surface area (Å²) in [5.41, 5.74) is 0. The van der Waals surface area contributed by atoms with Gasteiger partial charge < -0.3 is 9.80 Å². The van der Waals surface area contributed by atoms with E-state index in [4.69, 9.17) is 0 Å². The molecule has 1 saturated heterocycles. The van der Waals surface area contributed by atoms with Crippen LogP contribution in [0.3, 0.4) is 0 Å². The van der Waals surface area contributed by atoms with Gasteiger partial charge in [0.15, 0.2) is 0 Å². The predicted molar refractivity (Wildman–Crippen MR) is 128 cm³/mol. The second-order valence-electron chi connectivity index (χ2n) is 9.21. The van der Waals surface area contributed by atoms with Gasteiger partial charge in [-0.1, -0.05) is 78.1 Å². The highest BCUT2D eigenvalue weighted by atomic mass is 16.2. The molecule has 0 radical (unpaired) electrons. The molecule has 1 rings (SSSR count). The highest BCUT2D eigenvalue weighted by Crippen LogP contribution is 2.14. The van der Waals surface area contributed by atoms with Crippen molar-refractivity contribution >= 4 is 11.8 Å². The molecule has 0 aliphatic carbocycles. The molecule has 4 heteroatoms. The van der Waals surface area contributed by atoms with Crippen LogP contribution >= 0.6 is 0 Å². The van der Waals surface area contributed by atoms with Crippen molar-refractivity contribution in [3.63, 3.8) is 0 Å². The second-order valence-corrected chi connectivity index (χ2v) is 9.21. The number of unbranched alkanes of at least 4 members (excludes halogenated alkanes) is 2. The molecule has 0 unspecified atom stereocenters. The lowest BCUT2D eigenvalue weighted by Gasteiger charge is -2.24. The molecule has 0 aromatic heterocycles. The van der Waals surface area contributed by atoms with E-state index in [9.17, 15) is 9.59 Å². The molecule has 1 aliphatic rings. The third-order valence-corrected chi connectivity index (χ3v) is 6.41. The van der Waals surface area contributed by atoms with Crippen molar-refractivity contribution in [2.75, 3.05) is 26.2 Å². The number of carbonyl (C=O) groups excluding carboxylic acids is 2. The fourth-order valence-corrected chi connectivity index (χ4v) is 4.31. The summed E-state index contributed by atoms with van der Waals surface area (Å²) in [5, 5.41) is 0. The van der Waals surface area contributed by atoms with Crippen LogP contribution in [0, 0.1) is 0 Å². The van der Waals surface area contributed by atoms with Crippen molar-refractivity contribution in [1.29, 1.82) is 0 Å². The number of hydrogen-bond donors (Lipinski definition) is 0. The minimum Gasteiger partial charge on any atom is -0.343 e. The Morgan fingerprint density at radius 1 is 0.533 bits per heavy atom. The van der Waals surface area contributed by atoms with Crippen LogP contribution in [0.5, 0.6) is 0 Å². The van der Waals surface area contributed by atoms with Gasteiger partial charge in [0, 0.05) is 39.0 Å². The molecular weight excluding hydrogens is 372 g/mol. The van der Waals surface area contributed by atoms with E-state index in [2.05, 4.69) is 23.6 Å². The molecule has 0 bridgehead atoms. The van der Waals surface area contributed by atoms with E-state index in [0.717, 1.165) is 103 Å². The van der Waals surface area contributed by atoms with Crippen molar-refractivity contribution in [3.05, 3.63) is 0 Å². The van der Waals surface area contributed by atoms with Gasteiger partial charge in [-0.2, -0.15) is 0 Å². The number of carbonyl (C=O) groups is 2. The zero-order chi connectivity index (χ0) is 21.9. The van der Waals surface area contributed by atoms with Crippen molar-refractivity contribution in [1.82, 2.24) is 9.80 Å². The van der Waals surface area contributed by atoms with Crippen LogP contribution < -0.4 is 0 Å². The van der Waals surface area contributed by atoms with Gasteiger partial charge in [-0.25, -0.2) is 0 Å². The van der Waals surface area contributed by atoms with Gasteiger partial charge in [0.25, 0.3) is 0 Å². The second kappa shape index (κ2) is 18.7. The predicted octanol–water partition coefficient (Wildman–Crippen LogP) is 6.72. The number of amides is 2. The molecule has 1 fully saturated rings. The van der Waals surface area contributed by atoms with Gasteiger partial charge in [0.1, 0.15) is 0 Å². The molecule has 1 aliphatic heterocycles. The van der Waals surface area contributed by atoms with Crippen LogP contribution in [0.15, 0.2) is 0 Å². The molecular formula is C26H50N2O2. The average Bonchev–Trinajstić information content (AvgIpc) is 2.74. The van der Waals surface area contributed by atoms with Gasteiger partial charge in [-0.05, 0) is 38.5 Å². The fraction of sp³-hybridized carbons (Fsp3) is 0.923. The summed E-state index contributed by atoms with van der Waals surface area (Å²) in [6.07, 6.45) is 20.0. The van der Waals surface area contributed by atoms with Crippen LogP contribution in [0.4, 0.5) is 0 Å². The lowest BCUT2D eigenvalue weighted by Crippen LogP contribution is -2.33. The van der Waals surface area contributed by atoms with E-state index < -0.39 is 0 Å². The molecule has 0 spiro atoms. The molecule has 2 amide bonds. The third-order valence-electron chi connectivity index (χ3n) is 6.41. The number of rotatable bonds is 6. The van der Waals surface area contributed by atoms with Crippen LogP contribution in [-0.4, -0.2) is 47.8 Å². The number of nitrogens with zero attached hydrogens (tertiary/aromatic N) is 2. The standard InChI is InChI=1S/C26H50N2O2/c1-3-5-21-27-23-17-13-14-18-24-28(22-6-4-2)26(30)20-16-12-10-8-7-9-11-15-19-25(27)29/h3-24H2,1-2H3. The molecule has 0 atom stereocenters. The van der Waals surface area contributed by atoms with E-state index in [1.54, 1.807) is 0 Å². The van der Waals surface area contributed by atoms with E-state index >= 15 is 0 Å². The summed E-state index contributed by atoms with van der Waals surface area (Å²) >= 11 is 0. The summed E-state index contributed by atoms with van der Waals surface area (Å²) in [4.78, 5) is 29.6. The van der Waals surface area contributed by atoms with Crippen molar-refractivity contribution in [3.8, 4) is 0 Å². The zero-order valence-corrected chi connectivity index (χ0v) is 20.3. The fourth-order valence-electron chi connectivity index (χ4n) is 4.31. The molecule has 0 aromatic rings. The summed E-state index contributed by atoms with van der Waals surface area (Å²) in [5.74, 6) is 0.739. The smallest absolute Gasteiger partial charge is 0.222 e. The van der Waals surface area contributed by atoms with Crippen molar-refractivity contribution in [2.45, 2.75) is 129 Å². The first-order valence-electron chi connectivity index (χ1n) is 13.2. The highest BCUT2D eigenvalue weighted by molar-refractivity contribution is 5.76. The normalized spacial score (nSPS) is 20.3. The minimum atomic E-state index is 0.370. The zero-order valence-electron chi connectivity index (χ0n) is 20.3. The SMILES string of the molecule is CCCCN1CCCCCCN(CCCC)C(=O)CCCCCCCCCCC1=O. The Morgan fingerprint density at radius 3 is 1.23 bits per heavy atom. The first-order chi connectivity index (χ1) is 14.7. The summed E-state index contributed by atoms with van der Waals surface area (Å²) in [7, 11) is 0. The van der Waals surface area contributed by atoms with Gasteiger partial charge in [-0.15, -0.1) is 0 Å². The van der Waals surface area contributed by atoms with Crippen LogP contribution in [0.2, 0.25) is 0 Å². The lowest BCUT2D eigenvalue weighted by molar-refractivity contribution is -0.132. The Hall–Kier alpha value is -1.06. The molecule has 0 N–H and O–H groups in total. The van der Waals surface area contributed by atoms with Crippen LogP contribution in [0.25, 0.3) is 0 Å². The Morgan fingerprint density at radius 2 is 0.867 bits per heavy atom. The Balaban J connectivity index is 2.53. The molecule has 30 heavy (non-hydrogen) atoms. The Kier molecular flexibility index (Phi) is 16.8. The van der Waals surface area contributed by atoms with Gasteiger partial charge in [-0.3, -0.25) is 9.59 Å². The van der Waals surface area contributed by atoms with E-state index in [-0.39, 0.29) is 0 Å². The highest BCUT2D eigenvalue weighted by Gasteiger charge is 2.14. The Bertz CT molecular complexity index is 399. The molecule has 4 nitrogen and oxygen atoms in total. The van der Waals surface area contributed by atoms with Gasteiger partial charge in [0.2, 0.25) is 11.8 Å². The number of hydrogen-bond acceptors (Lipinski definition) is 2. The van der Waals surface area contributed by atoms with E-state index in [1.165, 1.54) is 38.5 Å². The maximum absolute atomic E-state index is 12.7.